The van der Waals surface area contributed by atoms with Gasteiger partial charge in [0.2, 0.25) is 0 Å². The molecule has 0 saturated carbocycles. The van der Waals surface area contributed by atoms with E-state index in [-0.39, 0.29) is 5.91 Å². The Hall–Kier alpha value is -0.140. The van der Waals surface area contributed by atoms with E-state index < -0.39 is 5.60 Å². The Kier molecular flexibility index (Phi) is 4.75. The molecule has 0 aliphatic carbocycles. The molecule has 90 valence electrons. The maximum atomic E-state index is 12.1. The molecule has 0 radical (unpaired) electrons. The summed E-state index contributed by atoms with van der Waals surface area (Å²) in [6.07, 6.45) is 0. The van der Waals surface area contributed by atoms with Gasteiger partial charge < -0.3 is 10.0 Å². The summed E-state index contributed by atoms with van der Waals surface area (Å²) in [5.74, 6) is -0.0104. The summed E-state index contributed by atoms with van der Waals surface area (Å²) in [4.78, 5) is 13.7. The Bertz CT molecular complexity index is 370. The Morgan fingerprint density at radius 1 is 1.62 bits per heavy atom. The molecule has 0 unspecified atom stereocenters. The van der Waals surface area contributed by atoms with Gasteiger partial charge in [0, 0.05) is 18.5 Å². The van der Waals surface area contributed by atoms with Crippen LogP contribution in [-0.2, 0) is 0 Å². The number of carbonyl (C=O) groups excluding carboxylic acids is 1. The van der Waals surface area contributed by atoms with Gasteiger partial charge in [0.25, 0.3) is 5.91 Å². The molecule has 1 aromatic rings. The van der Waals surface area contributed by atoms with Crippen LogP contribution in [0.2, 0.25) is 0 Å². The first-order chi connectivity index (χ1) is 7.33. The number of amides is 1. The third-order valence-electron chi connectivity index (χ3n) is 2.06. The largest absolute Gasteiger partial charge is 0.389 e. The van der Waals surface area contributed by atoms with Crippen molar-refractivity contribution < 1.29 is 9.90 Å². The van der Waals surface area contributed by atoms with Crippen LogP contribution in [0.25, 0.3) is 0 Å². The van der Waals surface area contributed by atoms with E-state index in [0.717, 1.165) is 2.88 Å². The highest BCUT2D eigenvalue weighted by Crippen LogP contribution is 2.19. The summed E-state index contributed by atoms with van der Waals surface area (Å²) in [6, 6.07) is 1.88. The van der Waals surface area contributed by atoms with E-state index in [0.29, 0.717) is 18.7 Å². The fourth-order valence-corrected chi connectivity index (χ4v) is 2.72. The molecule has 0 aliphatic heterocycles. The second-order valence-corrected chi connectivity index (χ2v) is 7.08. The first-order valence-electron chi connectivity index (χ1n) is 5.09. The molecule has 0 aliphatic rings. The zero-order chi connectivity index (χ0) is 12.3. The second kappa shape index (κ2) is 5.46. The molecule has 16 heavy (non-hydrogen) atoms. The molecule has 1 N–H and O–H groups in total. The minimum absolute atomic E-state index is 0.0104. The van der Waals surface area contributed by atoms with Crippen molar-refractivity contribution in [3.63, 3.8) is 0 Å². The highest BCUT2D eigenvalue weighted by molar-refractivity contribution is 14.1. The smallest absolute Gasteiger partial charge is 0.254 e. The summed E-state index contributed by atoms with van der Waals surface area (Å²) >= 11 is 3.75. The molecular weight excluding hydrogens is 337 g/mol. The molecule has 1 amide bonds. The quantitative estimate of drug-likeness (QED) is 0.846. The number of likely N-dealkylation sites (N-methyl/N-ethyl adjacent to an activating group) is 1. The predicted molar refractivity (Wildman–Crippen MR) is 74.9 cm³/mol. The molecule has 0 atom stereocenters. The molecule has 0 fully saturated rings. The summed E-state index contributed by atoms with van der Waals surface area (Å²) < 4.78 is 1.10. The molecular formula is C11H16INO2S. The van der Waals surface area contributed by atoms with Crippen LogP contribution in [0.4, 0.5) is 0 Å². The van der Waals surface area contributed by atoms with E-state index in [4.69, 9.17) is 0 Å². The lowest BCUT2D eigenvalue weighted by atomic mass is 10.1. The van der Waals surface area contributed by atoms with Crippen LogP contribution in [0, 0.1) is 2.88 Å². The summed E-state index contributed by atoms with van der Waals surface area (Å²) in [7, 11) is 0. The monoisotopic (exact) mass is 353 g/mol. The molecule has 0 saturated heterocycles. The van der Waals surface area contributed by atoms with Crippen LogP contribution in [0.1, 0.15) is 31.1 Å². The highest BCUT2D eigenvalue weighted by Gasteiger charge is 2.22. The number of nitrogens with zero attached hydrogens (tertiary/aromatic N) is 1. The van der Waals surface area contributed by atoms with Crippen LogP contribution in [0.15, 0.2) is 11.4 Å². The number of aliphatic hydroxyl groups is 1. The van der Waals surface area contributed by atoms with Gasteiger partial charge in [-0.1, -0.05) is 0 Å². The Morgan fingerprint density at radius 3 is 2.62 bits per heavy atom. The van der Waals surface area contributed by atoms with E-state index in [1.165, 1.54) is 0 Å². The van der Waals surface area contributed by atoms with Crippen molar-refractivity contribution in [2.24, 2.45) is 0 Å². The van der Waals surface area contributed by atoms with E-state index in [1.54, 1.807) is 30.1 Å². The maximum absolute atomic E-state index is 12.1. The Labute approximate surface area is 114 Å². The maximum Gasteiger partial charge on any atom is 0.254 e. The molecule has 1 aromatic heterocycles. The molecule has 3 nitrogen and oxygen atoms in total. The zero-order valence-electron chi connectivity index (χ0n) is 9.66. The third kappa shape index (κ3) is 4.03. The SMILES string of the molecule is CCN(CC(C)(C)O)C(=O)c1csc(I)c1. The summed E-state index contributed by atoms with van der Waals surface area (Å²) in [6.45, 7) is 6.30. The second-order valence-electron chi connectivity index (χ2n) is 4.27. The first kappa shape index (κ1) is 13.9. The lowest BCUT2D eigenvalue weighted by molar-refractivity contribution is 0.0315. The number of hydrogen-bond donors (Lipinski definition) is 1. The van der Waals surface area contributed by atoms with Crippen LogP contribution in [-0.4, -0.2) is 34.6 Å². The van der Waals surface area contributed by atoms with Crippen LogP contribution in [0.3, 0.4) is 0 Å². The van der Waals surface area contributed by atoms with Crippen molar-refractivity contribution in [2.75, 3.05) is 13.1 Å². The van der Waals surface area contributed by atoms with Gasteiger partial charge in [-0.15, -0.1) is 11.3 Å². The average Bonchev–Trinajstić information content (AvgIpc) is 2.58. The fraction of sp³-hybridized carbons (Fsp3) is 0.545. The topological polar surface area (TPSA) is 40.5 Å². The Balaban J connectivity index is 2.78. The van der Waals surface area contributed by atoms with Crippen LogP contribution >= 0.6 is 33.9 Å². The van der Waals surface area contributed by atoms with Gasteiger partial charge in [-0.3, -0.25) is 4.79 Å². The van der Waals surface area contributed by atoms with Gasteiger partial charge in [-0.2, -0.15) is 0 Å². The molecule has 5 heteroatoms. The number of thiophene rings is 1. The minimum Gasteiger partial charge on any atom is -0.389 e. The summed E-state index contributed by atoms with van der Waals surface area (Å²) in [5, 5.41) is 11.6. The van der Waals surface area contributed by atoms with E-state index in [9.17, 15) is 9.90 Å². The zero-order valence-corrected chi connectivity index (χ0v) is 12.6. The number of halogens is 1. The molecule has 0 spiro atoms. The third-order valence-corrected chi connectivity index (χ3v) is 3.85. The van der Waals surface area contributed by atoms with Crippen LogP contribution in [0.5, 0.6) is 0 Å². The van der Waals surface area contributed by atoms with Crippen molar-refractivity contribution in [3.05, 3.63) is 19.9 Å². The minimum atomic E-state index is -0.852. The first-order valence-corrected chi connectivity index (χ1v) is 7.05. The normalized spacial score (nSPS) is 11.6. The fourth-order valence-electron chi connectivity index (χ4n) is 1.40. The molecule has 1 rings (SSSR count). The van der Waals surface area contributed by atoms with E-state index in [1.807, 2.05) is 18.4 Å². The van der Waals surface area contributed by atoms with Gasteiger partial charge in [0.15, 0.2) is 0 Å². The molecule has 0 bridgehead atoms. The van der Waals surface area contributed by atoms with Crippen LogP contribution < -0.4 is 0 Å². The van der Waals surface area contributed by atoms with Gasteiger partial charge >= 0.3 is 0 Å². The van der Waals surface area contributed by atoms with Crippen molar-refractivity contribution in [1.82, 2.24) is 4.90 Å². The predicted octanol–water partition coefficient (Wildman–Crippen LogP) is 2.59. The lowest BCUT2D eigenvalue weighted by Gasteiger charge is -2.27. The van der Waals surface area contributed by atoms with Crippen molar-refractivity contribution >= 4 is 39.8 Å². The number of carbonyl (C=O) groups is 1. The molecule has 1 heterocycles. The average molecular weight is 353 g/mol. The van der Waals surface area contributed by atoms with Crippen molar-refractivity contribution in [1.29, 1.82) is 0 Å². The standard InChI is InChI=1S/C11H16INO2S/c1-4-13(7-11(2,3)15)10(14)8-5-9(12)16-6-8/h5-6,15H,4,7H2,1-3H3. The van der Waals surface area contributed by atoms with Gasteiger partial charge in [-0.25, -0.2) is 0 Å². The van der Waals surface area contributed by atoms with E-state index >= 15 is 0 Å². The lowest BCUT2D eigenvalue weighted by Crippen LogP contribution is -2.42. The summed E-state index contributed by atoms with van der Waals surface area (Å²) in [5.41, 5.74) is -0.144. The van der Waals surface area contributed by atoms with Gasteiger partial charge in [0.1, 0.15) is 0 Å². The van der Waals surface area contributed by atoms with E-state index in [2.05, 4.69) is 22.6 Å². The number of rotatable bonds is 4. The van der Waals surface area contributed by atoms with Gasteiger partial charge in [-0.05, 0) is 49.4 Å². The van der Waals surface area contributed by atoms with Gasteiger partial charge in [0.05, 0.1) is 14.0 Å². The molecule has 0 aromatic carbocycles. The van der Waals surface area contributed by atoms with Crippen molar-refractivity contribution in [2.45, 2.75) is 26.4 Å². The van der Waals surface area contributed by atoms with Crippen molar-refractivity contribution in [3.8, 4) is 0 Å². The Morgan fingerprint density at radius 2 is 2.25 bits per heavy atom. The number of hydrogen-bond acceptors (Lipinski definition) is 3. The highest BCUT2D eigenvalue weighted by atomic mass is 127.